The molecule has 0 amide bonds. The summed E-state index contributed by atoms with van der Waals surface area (Å²) < 4.78 is 0. The van der Waals surface area contributed by atoms with E-state index in [-0.39, 0.29) is 8.80 Å². The number of nitriles is 1. The van der Waals surface area contributed by atoms with E-state index >= 15 is 0 Å². The second-order valence-electron chi connectivity index (χ2n) is 2.57. The van der Waals surface area contributed by atoms with Gasteiger partial charge in [0, 0.05) is 15.2 Å². The van der Waals surface area contributed by atoms with E-state index in [1.54, 1.807) is 0 Å². The third kappa shape index (κ3) is 7.71. The lowest BCUT2D eigenvalue weighted by atomic mass is 10.3. The molecule has 0 aliphatic rings. The van der Waals surface area contributed by atoms with Gasteiger partial charge in [-0.1, -0.05) is 25.6 Å². The monoisotopic (exact) mass is 140 g/mol. The number of unbranched alkanes of at least 4 members (excludes halogenated alkanes) is 2. The summed E-state index contributed by atoms with van der Waals surface area (Å²) in [5.74, 6) is 0. The molecule has 0 saturated carbocycles. The molecule has 0 aromatic carbocycles. The van der Waals surface area contributed by atoms with Gasteiger partial charge in [0.1, 0.15) is 0 Å². The van der Waals surface area contributed by atoms with Crippen molar-refractivity contribution in [2.45, 2.75) is 38.4 Å². The van der Waals surface area contributed by atoms with Gasteiger partial charge in [-0.2, -0.15) is 5.26 Å². The van der Waals surface area contributed by atoms with Crippen LogP contribution in [0.5, 0.6) is 0 Å². The van der Waals surface area contributed by atoms with Gasteiger partial charge in [-0.3, -0.25) is 0 Å². The van der Waals surface area contributed by atoms with Crippen molar-refractivity contribution in [2.24, 2.45) is 0 Å². The van der Waals surface area contributed by atoms with Crippen LogP contribution in [0.1, 0.15) is 19.3 Å². The van der Waals surface area contributed by atoms with Crippen LogP contribution >= 0.6 is 0 Å². The Kier molecular flexibility index (Phi) is 5.65. The van der Waals surface area contributed by atoms with E-state index in [0.29, 0.717) is 0 Å². The molecule has 0 aromatic rings. The first-order valence-corrected chi connectivity index (χ1v) is 6.14. The predicted octanol–water partition coefficient (Wildman–Crippen LogP) is 2.43. The van der Waals surface area contributed by atoms with Gasteiger partial charge >= 0.3 is 0 Å². The summed E-state index contributed by atoms with van der Waals surface area (Å²) in [6.07, 6.45) is 3.11. The minimum absolute atomic E-state index is 0.0245. The van der Waals surface area contributed by atoms with Crippen LogP contribution in [-0.4, -0.2) is 8.80 Å². The Balaban J connectivity index is 2.85. The molecule has 0 heterocycles. The second-order valence-corrected chi connectivity index (χ2v) is 5.49. The Morgan fingerprint density at radius 2 is 2.00 bits per heavy atom. The largest absolute Gasteiger partial charge is 0.198 e. The SMILES string of the molecule is C[Si](C)CCCCC#N. The number of hydrogen-bond acceptors (Lipinski definition) is 1. The van der Waals surface area contributed by atoms with Crippen LogP contribution < -0.4 is 0 Å². The van der Waals surface area contributed by atoms with Crippen molar-refractivity contribution in [1.82, 2.24) is 0 Å². The Labute approximate surface area is 59.3 Å². The molecular formula is C7H14NSi. The highest BCUT2D eigenvalue weighted by atomic mass is 28.3. The zero-order chi connectivity index (χ0) is 7.11. The van der Waals surface area contributed by atoms with Crippen molar-refractivity contribution in [1.29, 1.82) is 5.26 Å². The van der Waals surface area contributed by atoms with Crippen LogP contribution in [0.2, 0.25) is 19.1 Å². The van der Waals surface area contributed by atoms with E-state index < -0.39 is 0 Å². The van der Waals surface area contributed by atoms with E-state index in [4.69, 9.17) is 5.26 Å². The molecule has 0 atom stereocenters. The minimum Gasteiger partial charge on any atom is -0.198 e. The highest BCUT2D eigenvalue weighted by Gasteiger charge is 1.93. The van der Waals surface area contributed by atoms with Crippen molar-refractivity contribution in [3.8, 4) is 6.07 Å². The summed E-state index contributed by atoms with van der Waals surface area (Å²) in [6, 6.07) is 3.52. The summed E-state index contributed by atoms with van der Waals surface area (Å²) in [5.41, 5.74) is 0. The Hall–Kier alpha value is -0.293. The zero-order valence-corrected chi connectivity index (χ0v) is 7.28. The molecule has 0 rings (SSSR count). The maximum Gasteiger partial charge on any atom is 0.0621 e. The van der Waals surface area contributed by atoms with Gasteiger partial charge in [0.15, 0.2) is 0 Å². The Morgan fingerprint density at radius 3 is 2.44 bits per heavy atom. The molecule has 0 unspecified atom stereocenters. The molecule has 0 fully saturated rings. The first-order chi connectivity index (χ1) is 4.27. The highest BCUT2D eigenvalue weighted by Crippen LogP contribution is 2.02. The quantitative estimate of drug-likeness (QED) is 0.434. The number of rotatable bonds is 4. The molecule has 9 heavy (non-hydrogen) atoms. The fraction of sp³-hybridized carbons (Fsp3) is 0.857. The zero-order valence-electron chi connectivity index (χ0n) is 6.28. The standard InChI is InChI=1S/C7H14NSi/c1-9(2)7-5-3-4-6-8/h3-5,7H2,1-2H3. The summed E-state index contributed by atoms with van der Waals surface area (Å²) in [5, 5.41) is 8.19. The van der Waals surface area contributed by atoms with Crippen molar-refractivity contribution in [2.75, 3.05) is 0 Å². The average Bonchev–Trinajstić information content (AvgIpc) is 1.80. The smallest absolute Gasteiger partial charge is 0.0621 e. The van der Waals surface area contributed by atoms with Crippen LogP contribution in [0, 0.1) is 11.3 Å². The molecular weight excluding hydrogens is 126 g/mol. The van der Waals surface area contributed by atoms with E-state index in [1.807, 2.05) is 0 Å². The molecule has 0 aromatic heterocycles. The van der Waals surface area contributed by atoms with Crippen molar-refractivity contribution >= 4 is 8.80 Å². The molecule has 0 aliphatic carbocycles. The number of nitrogens with zero attached hydrogens (tertiary/aromatic N) is 1. The van der Waals surface area contributed by atoms with Gasteiger partial charge in [-0.15, -0.1) is 0 Å². The molecule has 0 aliphatic heterocycles. The van der Waals surface area contributed by atoms with E-state index in [1.165, 1.54) is 12.5 Å². The topological polar surface area (TPSA) is 23.8 Å². The van der Waals surface area contributed by atoms with Crippen molar-refractivity contribution in [3.05, 3.63) is 0 Å². The molecule has 0 N–H and O–H groups in total. The lowest BCUT2D eigenvalue weighted by Gasteiger charge is -1.98. The van der Waals surface area contributed by atoms with Crippen LogP contribution in [0.3, 0.4) is 0 Å². The normalized spacial score (nSPS) is 9.56. The number of hydrogen-bond donors (Lipinski definition) is 0. The summed E-state index contributed by atoms with van der Waals surface area (Å²) in [7, 11) is -0.0245. The Morgan fingerprint density at radius 1 is 1.33 bits per heavy atom. The average molecular weight is 140 g/mol. The van der Waals surface area contributed by atoms with Crippen LogP contribution in [0.15, 0.2) is 0 Å². The predicted molar refractivity (Wildman–Crippen MR) is 41.8 cm³/mol. The summed E-state index contributed by atoms with van der Waals surface area (Å²) in [4.78, 5) is 0. The molecule has 1 nitrogen and oxygen atoms in total. The lowest BCUT2D eigenvalue weighted by molar-refractivity contribution is 0.814. The van der Waals surface area contributed by atoms with E-state index in [2.05, 4.69) is 19.2 Å². The van der Waals surface area contributed by atoms with E-state index in [0.717, 1.165) is 12.8 Å². The molecule has 51 valence electrons. The van der Waals surface area contributed by atoms with Crippen LogP contribution in [0.4, 0.5) is 0 Å². The van der Waals surface area contributed by atoms with Gasteiger partial charge in [-0.05, 0) is 6.42 Å². The molecule has 0 bridgehead atoms. The fourth-order valence-electron chi connectivity index (χ4n) is 0.683. The van der Waals surface area contributed by atoms with Gasteiger partial charge in [0.25, 0.3) is 0 Å². The van der Waals surface area contributed by atoms with Gasteiger partial charge < -0.3 is 0 Å². The van der Waals surface area contributed by atoms with Crippen LogP contribution in [-0.2, 0) is 0 Å². The molecule has 2 heteroatoms. The first kappa shape index (κ1) is 8.71. The van der Waals surface area contributed by atoms with Crippen molar-refractivity contribution in [3.63, 3.8) is 0 Å². The molecule has 1 radical (unpaired) electrons. The molecule has 0 saturated heterocycles. The fourth-order valence-corrected chi connectivity index (χ4v) is 1.64. The van der Waals surface area contributed by atoms with Crippen molar-refractivity contribution < 1.29 is 0 Å². The molecule has 0 spiro atoms. The summed E-state index contributed by atoms with van der Waals surface area (Å²) in [6.45, 7) is 4.63. The third-order valence-electron chi connectivity index (χ3n) is 1.22. The van der Waals surface area contributed by atoms with Gasteiger partial charge in [0.2, 0.25) is 0 Å². The Bertz CT molecular complexity index is 93.6. The van der Waals surface area contributed by atoms with Gasteiger partial charge in [-0.25, -0.2) is 0 Å². The minimum atomic E-state index is -0.0245. The van der Waals surface area contributed by atoms with Crippen LogP contribution in [0.25, 0.3) is 0 Å². The maximum absolute atomic E-state index is 8.19. The van der Waals surface area contributed by atoms with Gasteiger partial charge in [0.05, 0.1) is 6.07 Å². The summed E-state index contributed by atoms with van der Waals surface area (Å²) >= 11 is 0. The lowest BCUT2D eigenvalue weighted by Crippen LogP contribution is -1.97. The first-order valence-electron chi connectivity index (χ1n) is 3.43. The van der Waals surface area contributed by atoms with E-state index in [9.17, 15) is 0 Å². The highest BCUT2D eigenvalue weighted by molar-refractivity contribution is 6.55. The third-order valence-corrected chi connectivity index (χ3v) is 2.57. The maximum atomic E-state index is 8.19. The second kappa shape index (κ2) is 5.84.